The Balaban J connectivity index is 2.94. The molecule has 16 heavy (non-hydrogen) atoms. The molecule has 0 radical (unpaired) electrons. The van der Waals surface area contributed by atoms with Crippen LogP contribution in [0.15, 0.2) is 18.2 Å². The molecule has 0 aliphatic carbocycles. The van der Waals surface area contributed by atoms with Gasteiger partial charge in [-0.1, -0.05) is 13.8 Å². The van der Waals surface area contributed by atoms with E-state index in [-0.39, 0.29) is 5.78 Å². The third-order valence-electron chi connectivity index (χ3n) is 2.54. The van der Waals surface area contributed by atoms with Crippen LogP contribution in [0.4, 0.5) is 0 Å². The Bertz CT molecular complexity index is 356. The standard InChI is InChI=1S/C14H20O2/c1-4-7-13(15)12-8-9-14(16-6-3)11(5-2)10-12/h8-10H,4-7H2,1-3H3. The van der Waals surface area contributed by atoms with Gasteiger partial charge in [0.2, 0.25) is 0 Å². The molecule has 2 heteroatoms. The van der Waals surface area contributed by atoms with E-state index >= 15 is 0 Å². The van der Waals surface area contributed by atoms with Gasteiger partial charge in [-0.25, -0.2) is 0 Å². The van der Waals surface area contributed by atoms with E-state index in [1.54, 1.807) is 0 Å². The fourth-order valence-electron chi connectivity index (χ4n) is 1.70. The lowest BCUT2D eigenvalue weighted by atomic mass is 10.0. The van der Waals surface area contributed by atoms with Crippen molar-refractivity contribution < 1.29 is 9.53 Å². The molecule has 0 aliphatic rings. The van der Waals surface area contributed by atoms with Gasteiger partial charge in [-0.3, -0.25) is 4.79 Å². The normalized spacial score (nSPS) is 10.2. The summed E-state index contributed by atoms with van der Waals surface area (Å²) < 4.78 is 5.51. The summed E-state index contributed by atoms with van der Waals surface area (Å²) in [5.74, 6) is 1.12. The van der Waals surface area contributed by atoms with Crippen LogP contribution in [-0.4, -0.2) is 12.4 Å². The summed E-state index contributed by atoms with van der Waals surface area (Å²) in [5.41, 5.74) is 1.92. The van der Waals surface area contributed by atoms with Crippen LogP contribution in [0.1, 0.15) is 49.5 Å². The molecule has 0 amide bonds. The average Bonchev–Trinajstić information content (AvgIpc) is 2.30. The van der Waals surface area contributed by atoms with E-state index in [2.05, 4.69) is 6.92 Å². The Morgan fingerprint density at radius 1 is 1.25 bits per heavy atom. The fourth-order valence-corrected chi connectivity index (χ4v) is 1.70. The Labute approximate surface area is 97.6 Å². The van der Waals surface area contributed by atoms with E-state index in [1.807, 2.05) is 32.0 Å². The van der Waals surface area contributed by atoms with Crippen LogP contribution in [0.25, 0.3) is 0 Å². The monoisotopic (exact) mass is 220 g/mol. The average molecular weight is 220 g/mol. The number of hydrogen-bond donors (Lipinski definition) is 0. The second-order valence-corrected chi connectivity index (χ2v) is 3.78. The zero-order valence-corrected chi connectivity index (χ0v) is 10.4. The lowest BCUT2D eigenvalue weighted by Gasteiger charge is -2.10. The van der Waals surface area contributed by atoms with Crippen molar-refractivity contribution in [1.82, 2.24) is 0 Å². The van der Waals surface area contributed by atoms with Crippen molar-refractivity contribution in [3.63, 3.8) is 0 Å². The molecule has 0 fully saturated rings. The highest BCUT2D eigenvalue weighted by Crippen LogP contribution is 2.21. The van der Waals surface area contributed by atoms with Crippen LogP contribution in [-0.2, 0) is 6.42 Å². The molecule has 0 bridgehead atoms. The van der Waals surface area contributed by atoms with E-state index in [9.17, 15) is 4.79 Å². The van der Waals surface area contributed by atoms with Gasteiger partial charge < -0.3 is 4.74 Å². The van der Waals surface area contributed by atoms with Gasteiger partial charge in [-0.15, -0.1) is 0 Å². The maximum Gasteiger partial charge on any atom is 0.162 e. The van der Waals surface area contributed by atoms with Gasteiger partial charge in [0.05, 0.1) is 6.61 Å². The zero-order chi connectivity index (χ0) is 12.0. The highest BCUT2D eigenvalue weighted by atomic mass is 16.5. The summed E-state index contributed by atoms with van der Waals surface area (Å²) in [6.07, 6.45) is 2.41. The fraction of sp³-hybridized carbons (Fsp3) is 0.500. The minimum absolute atomic E-state index is 0.222. The van der Waals surface area contributed by atoms with Gasteiger partial charge in [0.25, 0.3) is 0 Å². The summed E-state index contributed by atoms with van der Waals surface area (Å²) in [4.78, 5) is 11.7. The van der Waals surface area contributed by atoms with E-state index in [4.69, 9.17) is 4.74 Å². The molecule has 0 aromatic heterocycles. The summed E-state index contributed by atoms with van der Waals surface area (Å²) >= 11 is 0. The van der Waals surface area contributed by atoms with Crippen LogP contribution in [0.2, 0.25) is 0 Å². The zero-order valence-electron chi connectivity index (χ0n) is 10.4. The van der Waals surface area contributed by atoms with Crippen molar-refractivity contribution >= 4 is 5.78 Å². The van der Waals surface area contributed by atoms with Crippen molar-refractivity contribution in [3.8, 4) is 5.75 Å². The number of benzene rings is 1. The molecular formula is C14H20O2. The van der Waals surface area contributed by atoms with Crippen LogP contribution in [0.5, 0.6) is 5.75 Å². The van der Waals surface area contributed by atoms with Crippen molar-refractivity contribution in [2.24, 2.45) is 0 Å². The number of rotatable bonds is 6. The van der Waals surface area contributed by atoms with Gasteiger partial charge in [-0.2, -0.15) is 0 Å². The molecule has 1 rings (SSSR count). The summed E-state index contributed by atoms with van der Waals surface area (Å²) in [6.45, 7) is 6.73. The van der Waals surface area contributed by atoms with Gasteiger partial charge in [0.15, 0.2) is 5.78 Å². The second kappa shape index (κ2) is 6.31. The number of Topliss-reactive ketones (excluding diaryl/α,β-unsaturated/α-hetero) is 1. The number of hydrogen-bond acceptors (Lipinski definition) is 2. The van der Waals surface area contributed by atoms with E-state index in [0.717, 1.165) is 29.7 Å². The molecule has 1 aromatic carbocycles. The molecule has 0 aliphatic heterocycles. The molecule has 1 aromatic rings. The van der Waals surface area contributed by atoms with Gasteiger partial charge in [-0.05, 0) is 43.5 Å². The second-order valence-electron chi connectivity index (χ2n) is 3.78. The molecule has 0 unspecified atom stereocenters. The summed E-state index contributed by atoms with van der Waals surface area (Å²) in [7, 11) is 0. The molecule has 2 nitrogen and oxygen atoms in total. The molecule has 0 N–H and O–H groups in total. The predicted octanol–water partition coefficient (Wildman–Crippen LogP) is 3.63. The lowest BCUT2D eigenvalue weighted by Crippen LogP contribution is -2.02. The Morgan fingerprint density at radius 2 is 2.00 bits per heavy atom. The molecule has 88 valence electrons. The highest BCUT2D eigenvalue weighted by molar-refractivity contribution is 5.96. The van der Waals surface area contributed by atoms with Crippen molar-refractivity contribution in [2.45, 2.75) is 40.0 Å². The van der Waals surface area contributed by atoms with Crippen molar-refractivity contribution in [2.75, 3.05) is 6.61 Å². The molecule has 0 heterocycles. The van der Waals surface area contributed by atoms with Crippen molar-refractivity contribution in [3.05, 3.63) is 29.3 Å². The van der Waals surface area contributed by atoms with Gasteiger partial charge >= 0.3 is 0 Å². The number of carbonyl (C=O) groups is 1. The lowest BCUT2D eigenvalue weighted by molar-refractivity contribution is 0.0981. The molecule has 0 saturated heterocycles. The molecular weight excluding hydrogens is 200 g/mol. The Kier molecular flexibility index (Phi) is 5.03. The van der Waals surface area contributed by atoms with E-state index in [0.29, 0.717) is 13.0 Å². The van der Waals surface area contributed by atoms with Gasteiger partial charge in [0, 0.05) is 12.0 Å². The van der Waals surface area contributed by atoms with Gasteiger partial charge in [0.1, 0.15) is 5.75 Å². The third kappa shape index (κ3) is 3.09. The Morgan fingerprint density at radius 3 is 2.56 bits per heavy atom. The SMILES string of the molecule is CCCC(=O)c1ccc(OCC)c(CC)c1. The summed E-state index contributed by atoms with van der Waals surface area (Å²) in [6, 6.07) is 5.73. The molecule has 0 spiro atoms. The number of aryl methyl sites for hydroxylation is 1. The van der Waals surface area contributed by atoms with Crippen molar-refractivity contribution in [1.29, 1.82) is 0 Å². The number of ether oxygens (including phenoxy) is 1. The largest absolute Gasteiger partial charge is 0.494 e. The van der Waals surface area contributed by atoms with Crippen LogP contribution < -0.4 is 4.74 Å². The first-order valence-electron chi connectivity index (χ1n) is 6.01. The minimum Gasteiger partial charge on any atom is -0.494 e. The first-order chi connectivity index (χ1) is 7.72. The van der Waals surface area contributed by atoms with E-state index < -0.39 is 0 Å². The maximum absolute atomic E-state index is 11.7. The summed E-state index contributed by atoms with van der Waals surface area (Å²) in [5, 5.41) is 0. The molecule has 0 saturated carbocycles. The highest BCUT2D eigenvalue weighted by Gasteiger charge is 2.08. The smallest absolute Gasteiger partial charge is 0.162 e. The third-order valence-corrected chi connectivity index (χ3v) is 2.54. The number of carbonyl (C=O) groups excluding carboxylic acids is 1. The first kappa shape index (κ1) is 12.8. The molecule has 0 atom stereocenters. The van der Waals surface area contributed by atoms with Crippen LogP contribution in [0, 0.1) is 0 Å². The van der Waals surface area contributed by atoms with Crippen LogP contribution in [0.3, 0.4) is 0 Å². The van der Waals surface area contributed by atoms with Crippen LogP contribution >= 0.6 is 0 Å². The Hall–Kier alpha value is -1.31. The van der Waals surface area contributed by atoms with E-state index in [1.165, 1.54) is 0 Å². The quantitative estimate of drug-likeness (QED) is 0.684. The maximum atomic E-state index is 11.7. The predicted molar refractivity (Wildman–Crippen MR) is 66.2 cm³/mol. The number of ketones is 1. The minimum atomic E-state index is 0.222. The topological polar surface area (TPSA) is 26.3 Å². The first-order valence-corrected chi connectivity index (χ1v) is 6.01.